The van der Waals surface area contributed by atoms with Crippen molar-refractivity contribution in [1.29, 1.82) is 0 Å². The van der Waals surface area contributed by atoms with E-state index in [1.165, 1.54) is 35.6 Å². The van der Waals surface area contributed by atoms with Crippen molar-refractivity contribution in [2.75, 3.05) is 0 Å². The van der Waals surface area contributed by atoms with Crippen molar-refractivity contribution in [1.82, 2.24) is 4.98 Å². The summed E-state index contributed by atoms with van der Waals surface area (Å²) in [7, 11) is 0. The smallest absolute Gasteiger partial charge is 0.339 e. The zero-order valence-corrected chi connectivity index (χ0v) is 19.6. The van der Waals surface area contributed by atoms with Crippen LogP contribution in [0, 0.1) is 10.1 Å². The maximum absolute atomic E-state index is 13.6. The van der Waals surface area contributed by atoms with Gasteiger partial charge in [0, 0.05) is 28.6 Å². The van der Waals surface area contributed by atoms with Gasteiger partial charge in [-0.05, 0) is 35.7 Å². The standard InChI is InChI=1S/C28H18N2O5S/c31-26(18-7-2-1-3-8-18)27(19-12-14-20(15-13-19)30(33)34)35-28(32)22-17-24(25-11-6-16-36-25)29-23-10-5-4-9-21(22)23/h1-17,27H/t27-/m0/s1. The molecule has 7 nitrogen and oxygen atoms in total. The minimum atomic E-state index is -1.29. The first-order valence-corrected chi connectivity index (χ1v) is 11.9. The number of benzene rings is 3. The number of aromatic nitrogens is 1. The van der Waals surface area contributed by atoms with Crippen LogP contribution in [0.2, 0.25) is 0 Å². The Morgan fingerprint density at radius 1 is 0.889 bits per heavy atom. The average Bonchev–Trinajstić information content (AvgIpc) is 3.46. The van der Waals surface area contributed by atoms with Crippen LogP contribution in [0.1, 0.15) is 32.4 Å². The van der Waals surface area contributed by atoms with E-state index < -0.39 is 22.8 Å². The van der Waals surface area contributed by atoms with Gasteiger partial charge in [0.05, 0.1) is 26.6 Å². The van der Waals surface area contributed by atoms with Gasteiger partial charge in [-0.3, -0.25) is 14.9 Å². The summed E-state index contributed by atoms with van der Waals surface area (Å²) in [6.45, 7) is 0. The lowest BCUT2D eigenvalue weighted by molar-refractivity contribution is -0.384. The molecule has 2 aromatic heterocycles. The fourth-order valence-corrected chi connectivity index (χ4v) is 4.55. The second-order valence-corrected chi connectivity index (χ2v) is 8.86. The van der Waals surface area contributed by atoms with Gasteiger partial charge in [-0.15, -0.1) is 11.3 Å². The summed E-state index contributed by atoms with van der Waals surface area (Å²) in [5, 5.41) is 13.6. The van der Waals surface area contributed by atoms with Crippen LogP contribution in [0.4, 0.5) is 5.69 Å². The average molecular weight is 495 g/mol. The zero-order chi connectivity index (χ0) is 25.1. The van der Waals surface area contributed by atoms with E-state index in [0.29, 0.717) is 27.7 Å². The van der Waals surface area contributed by atoms with Gasteiger partial charge in [0.2, 0.25) is 5.78 Å². The number of para-hydroxylation sites is 1. The van der Waals surface area contributed by atoms with Gasteiger partial charge < -0.3 is 4.74 Å². The van der Waals surface area contributed by atoms with Gasteiger partial charge in [0.1, 0.15) is 0 Å². The number of nitro groups is 1. The zero-order valence-electron chi connectivity index (χ0n) is 18.7. The van der Waals surface area contributed by atoms with Gasteiger partial charge >= 0.3 is 5.97 Å². The van der Waals surface area contributed by atoms with Crippen LogP contribution in [0.5, 0.6) is 0 Å². The maximum Gasteiger partial charge on any atom is 0.339 e. The third-order valence-corrected chi connectivity index (χ3v) is 6.53. The molecule has 0 saturated heterocycles. The molecule has 8 heteroatoms. The number of hydrogen-bond acceptors (Lipinski definition) is 7. The number of ether oxygens (including phenoxy) is 1. The first-order valence-electron chi connectivity index (χ1n) is 11.0. The van der Waals surface area contributed by atoms with E-state index in [2.05, 4.69) is 4.98 Å². The lowest BCUT2D eigenvalue weighted by atomic mass is 9.99. The molecule has 0 amide bonds. The number of carbonyl (C=O) groups is 2. The fraction of sp³-hybridized carbons (Fsp3) is 0.0357. The number of fused-ring (bicyclic) bond motifs is 1. The molecule has 0 N–H and O–H groups in total. The minimum Gasteiger partial charge on any atom is -0.445 e. The van der Waals surface area contributed by atoms with Crippen LogP contribution in [-0.2, 0) is 4.74 Å². The number of nitrogens with zero attached hydrogens (tertiary/aromatic N) is 2. The largest absolute Gasteiger partial charge is 0.445 e. The summed E-state index contributed by atoms with van der Waals surface area (Å²) >= 11 is 1.50. The topological polar surface area (TPSA) is 99.4 Å². The predicted octanol–water partition coefficient (Wildman–Crippen LogP) is 6.65. The summed E-state index contributed by atoms with van der Waals surface area (Å²) in [4.78, 5) is 43.1. The van der Waals surface area contributed by atoms with E-state index in [4.69, 9.17) is 4.74 Å². The molecule has 0 saturated carbocycles. The van der Waals surface area contributed by atoms with Gasteiger partial charge in [-0.1, -0.05) is 54.6 Å². The van der Waals surface area contributed by atoms with Gasteiger partial charge in [-0.2, -0.15) is 0 Å². The van der Waals surface area contributed by atoms with Crippen LogP contribution in [0.15, 0.2) is 102 Å². The fourth-order valence-electron chi connectivity index (χ4n) is 3.86. The minimum absolute atomic E-state index is 0.128. The number of rotatable bonds is 7. The highest BCUT2D eigenvalue weighted by Gasteiger charge is 2.28. The molecular formula is C28H18N2O5S. The maximum atomic E-state index is 13.6. The van der Waals surface area contributed by atoms with E-state index in [9.17, 15) is 19.7 Å². The highest BCUT2D eigenvalue weighted by molar-refractivity contribution is 7.13. The first-order chi connectivity index (χ1) is 17.5. The van der Waals surface area contributed by atoms with Crippen molar-refractivity contribution in [2.45, 2.75) is 6.10 Å². The van der Waals surface area contributed by atoms with Gasteiger partial charge in [-0.25, -0.2) is 9.78 Å². The summed E-state index contributed by atoms with van der Waals surface area (Å²) in [6, 6.07) is 26.6. The molecule has 3 aromatic carbocycles. The molecular weight excluding hydrogens is 476 g/mol. The molecule has 0 bridgehead atoms. The van der Waals surface area contributed by atoms with Crippen molar-refractivity contribution in [3.8, 4) is 10.6 Å². The Hall–Kier alpha value is -4.69. The Bertz CT molecular complexity index is 1570. The van der Waals surface area contributed by atoms with E-state index >= 15 is 0 Å². The molecule has 176 valence electrons. The third-order valence-electron chi connectivity index (χ3n) is 5.64. The number of pyridine rings is 1. The predicted molar refractivity (Wildman–Crippen MR) is 137 cm³/mol. The number of carbonyl (C=O) groups excluding carboxylic acids is 2. The molecule has 0 unspecified atom stereocenters. The number of hydrogen-bond donors (Lipinski definition) is 0. The van der Waals surface area contributed by atoms with Crippen LogP contribution >= 0.6 is 11.3 Å². The highest BCUT2D eigenvalue weighted by atomic mass is 32.1. The molecule has 0 fully saturated rings. The van der Waals surface area contributed by atoms with Crippen molar-refractivity contribution in [3.63, 3.8) is 0 Å². The Balaban J connectivity index is 1.57. The molecule has 0 aliphatic heterocycles. The number of ketones is 1. The summed E-state index contributed by atoms with van der Waals surface area (Å²) in [6.07, 6.45) is -1.29. The Morgan fingerprint density at radius 2 is 1.61 bits per heavy atom. The van der Waals surface area contributed by atoms with Crippen LogP contribution in [0.3, 0.4) is 0 Å². The molecule has 5 aromatic rings. The molecule has 1 atom stereocenters. The lowest BCUT2D eigenvalue weighted by Gasteiger charge is -2.18. The van der Waals surface area contributed by atoms with Gasteiger partial charge in [0.25, 0.3) is 5.69 Å². The number of Topliss-reactive ketones (excluding diaryl/α,β-unsaturated/α-hetero) is 1. The van der Waals surface area contributed by atoms with E-state index in [1.54, 1.807) is 48.5 Å². The normalized spacial score (nSPS) is 11.7. The summed E-state index contributed by atoms with van der Waals surface area (Å²) < 4.78 is 5.84. The highest BCUT2D eigenvalue weighted by Crippen LogP contribution is 2.31. The number of nitro benzene ring substituents is 1. The van der Waals surface area contributed by atoms with Crippen molar-refractivity contribution < 1.29 is 19.2 Å². The molecule has 0 spiro atoms. The number of thiophene rings is 1. The molecule has 0 aliphatic rings. The third kappa shape index (κ3) is 4.62. The lowest BCUT2D eigenvalue weighted by Crippen LogP contribution is -2.20. The van der Waals surface area contributed by atoms with E-state index in [0.717, 1.165) is 4.88 Å². The number of non-ortho nitro benzene ring substituents is 1. The summed E-state index contributed by atoms with van der Waals surface area (Å²) in [5.41, 5.74) is 2.08. The van der Waals surface area contributed by atoms with Crippen LogP contribution in [0.25, 0.3) is 21.5 Å². The summed E-state index contributed by atoms with van der Waals surface area (Å²) in [5.74, 6) is -1.13. The molecule has 0 radical (unpaired) electrons. The van der Waals surface area contributed by atoms with Crippen molar-refractivity contribution >= 4 is 39.7 Å². The van der Waals surface area contributed by atoms with Crippen molar-refractivity contribution in [2.24, 2.45) is 0 Å². The van der Waals surface area contributed by atoms with E-state index in [1.807, 2.05) is 29.6 Å². The molecule has 2 heterocycles. The molecule has 5 rings (SSSR count). The number of esters is 1. The van der Waals surface area contributed by atoms with E-state index in [-0.39, 0.29) is 11.3 Å². The quantitative estimate of drug-likeness (QED) is 0.109. The Morgan fingerprint density at radius 3 is 2.31 bits per heavy atom. The van der Waals surface area contributed by atoms with Crippen LogP contribution in [-0.4, -0.2) is 21.7 Å². The first kappa shape index (κ1) is 23.1. The van der Waals surface area contributed by atoms with Gasteiger partial charge in [0.15, 0.2) is 6.10 Å². The molecule has 36 heavy (non-hydrogen) atoms. The SMILES string of the molecule is O=C(O[C@H](C(=O)c1ccccc1)c1ccc([N+](=O)[O-])cc1)c1cc(-c2cccs2)nc2ccccc12. The molecule has 0 aliphatic carbocycles. The Labute approximate surface area is 209 Å². The van der Waals surface area contributed by atoms with Crippen molar-refractivity contribution in [3.05, 3.63) is 129 Å². The second kappa shape index (κ2) is 9.89. The second-order valence-electron chi connectivity index (χ2n) is 7.91. The Kier molecular flexibility index (Phi) is 6.34. The van der Waals surface area contributed by atoms with Crippen LogP contribution < -0.4 is 0 Å². The monoisotopic (exact) mass is 494 g/mol.